The molecule has 1 fully saturated rings. The SMILES string of the molecule is Cc1cc(C(=O)NCC[C@@H]2CCCO2)ccc1NC(=O)CC(C)C. The van der Waals surface area contributed by atoms with Crippen LogP contribution in [0.25, 0.3) is 0 Å². The van der Waals surface area contributed by atoms with E-state index in [-0.39, 0.29) is 17.9 Å². The Labute approximate surface area is 144 Å². The maximum atomic E-state index is 12.2. The molecular weight excluding hydrogens is 304 g/mol. The van der Waals surface area contributed by atoms with Gasteiger partial charge in [0.25, 0.3) is 5.91 Å². The molecule has 2 amide bonds. The minimum absolute atomic E-state index is 0.00173. The zero-order valence-corrected chi connectivity index (χ0v) is 14.9. The van der Waals surface area contributed by atoms with E-state index in [0.717, 1.165) is 37.1 Å². The molecule has 1 aromatic carbocycles. The highest BCUT2D eigenvalue weighted by molar-refractivity contribution is 5.96. The lowest BCUT2D eigenvalue weighted by Gasteiger charge is -2.12. The van der Waals surface area contributed by atoms with Crippen molar-refractivity contribution in [3.05, 3.63) is 29.3 Å². The van der Waals surface area contributed by atoms with Gasteiger partial charge in [-0.05, 0) is 55.9 Å². The Kier molecular flexibility index (Phi) is 6.79. The lowest BCUT2D eigenvalue weighted by Crippen LogP contribution is -2.27. The second kappa shape index (κ2) is 8.83. The summed E-state index contributed by atoms with van der Waals surface area (Å²) in [5, 5.41) is 5.83. The summed E-state index contributed by atoms with van der Waals surface area (Å²) in [4.78, 5) is 24.1. The van der Waals surface area contributed by atoms with Gasteiger partial charge in [-0.1, -0.05) is 13.8 Å². The third kappa shape index (κ3) is 5.64. The summed E-state index contributed by atoms with van der Waals surface area (Å²) in [5.74, 6) is 0.234. The summed E-state index contributed by atoms with van der Waals surface area (Å²) in [6.45, 7) is 7.37. The molecule has 0 radical (unpaired) electrons. The molecule has 5 nitrogen and oxygen atoms in total. The summed E-state index contributed by atoms with van der Waals surface area (Å²) in [5.41, 5.74) is 2.26. The predicted octanol–water partition coefficient (Wildman–Crippen LogP) is 3.28. The summed E-state index contributed by atoms with van der Waals surface area (Å²) >= 11 is 0. The van der Waals surface area contributed by atoms with Gasteiger partial charge in [0.1, 0.15) is 0 Å². The van der Waals surface area contributed by atoms with Crippen molar-refractivity contribution in [2.24, 2.45) is 5.92 Å². The predicted molar refractivity (Wildman–Crippen MR) is 95.2 cm³/mol. The Morgan fingerprint density at radius 1 is 1.33 bits per heavy atom. The van der Waals surface area contributed by atoms with Crippen molar-refractivity contribution in [3.63, 3.8) is 0 Å². The van der Waals surface area contributed by atoms with Gasteiger partial charge in [-0.2, -0.15) is 0 Å². The average Bonchev–Trinajstić information content (AvgIpc) is 3.01. The zero-order valence-electron chi connectivity index (χ0n) is 14.9. The molecule has 132 valence electrons. The first kappa shape index (κ1) is 18.5. The van der Waals surface area contributed by atoms with Crippen LogP contribution < -0.4 is 10.6 Å². The van der Waals surface area contributed by atoms with Gasteiger partial charge >= 0.3 is 0 Å². The highest BCUT2D eigenvalue weighted by Crippen LogP contribution is 2.18. The molecule has 0 aromatic heterocycles. The van der Waals surface area contributed by atoms with Crippen molar-refractivity contribution in [3.8, 4) is 0 Å². The van der Waals surface area contributed by atoms with Gasteiger partial charge in [-0.3, -0.25) is 9.59 Å². The number of anilines is 1. The highest BCUT2D eigenvalue weighted by Gasteiger charge is 2.16. The van der Waals surface area contributed by atoms with Crippen molar-refractivity contribution in [2.75, 3.05) is 18.5 Å². The second-order valence-corrected chi connectivity index (χ2v) is 6.86. The normalized spacial score (nSPS) is 17.1. The molecule has 1 heterocycles. The van der Waals surface area contributed by atoms with E-state index < -0.39 is 0 Å². The molecule has 2 N–H and O–H groups in total. The number of carbonyl (C=O) groups excluding carboxylic acids is 2. The first-order chi connectivity index (χ1) is 11.5. The zero-order chi connectivity index (χ0) is 17.5. The Morgan fingerprint density at radius 3 is 2.75 bits per heavy atom. The fourth-order valence-electron chi connectivity index (χ4n) is 2.84. The molecule has 24 heavy (non-hydrogen) atoms. The number of hydrogen-bond donors (Lipinski definition) is 2. The first-order valence-electron chi connectivity index (χ1n) is 8.76. The minimum atomic E-state index is -0.0869. The van der Waals surface area contributed by atoms with Crippen molar-refractivity contribution in [1.82, 2.24) is 5.32 Å². The van der Waals surface area contributed by atoms with E-state index in [2.05, 4.69) is 10.6 Å². The monoisotopic (exact) mass is 332 g/mol. The molecule has 0 spiro atoms. The maximum absolute atomic E-state index is 12.2. The highest BCUT2D eigenvalue weighted by atomic mass is 16.5. The Hall–Kier alpha value is -1.88. The second-order valence-electron chi connectivity index (χ2n) is 6.86. The topological polar surface area (TPSA) is 67.4 Å². The molecule has 1 saturated heterocycles. The molecule has 1 aliphatic heterocycles. The van der Waals surface area contributed by atoms with Crippen LogP contribution in [0.5, 0.6) is 0 Å². The van der Waals surface area contributed by atoms with E-state index in [0.29, 0.717) is 24.4 Å². The van der Waals surface area contributed by atoms with Gasteiger partial charge in [-0.15, -0.1) is 0 Å². The molecule has 2 rings (SSSR count). The van der Waals surface area contributed by atoms with E-state index in [9.17, 15) is 9.59 Å². The first-order valence-corrected chi connectivity index (χ1v) is 8.76. The van der Waals surface area contributed by atoms with Crippen LogP contribution in [-0.4, -0.2) is 31.1 Å². The van der Waals surface area contributed by atoms with E-state index in [1.54, 1.807) is 12.1 Å². The summed E-state index contributed by atoms with van der Waals surface area (Å²) in [7, 11) is 0. The minimum Gasteiger partial charge on any atom is -0.378 e. The van der Waals surface area contributed by atoms with Crippen LogP contribution in [0.4, 0.5) is 5.69 Å². The van der Waals surface area contributed by atoms with E-state index in [1.807, 2.05) is 26.8 Å². The van der Waals surface area contributed by atoms with Gasteiger partial charge < -0.3 is 15.4 Å². The summed E-state index contributed by atoms with van der Waals surface area (Å²) < 4.78 is 5.55. The number of hydrogen-bond acceptors (Lipinski definition) is 3. The fraction of sp³-hybridized carbons (Fsp3) is 0.579. The van der Waals surface area contributed by atoms with Gasteiger partial charge in [0.05, 0.1) is 6.10 Å². The van der Waals surface area contributed by atoms with Crippen molar-refractivity contribution in [1.29, 1.82) is 0 Å². The molecule has 0 aliphatic carbocycles. The Morgan fingerprint density at radius 2 is 2.12 bits per heavy atom. The van der Waals surface area contributed by atoms with Crippen LogP contribution in [0.1, 0.15) is 55.5 Å². The van der Waals surface area contributed by atoms with Crippen LogP contribution in [0.2, 0.25) is 0 Å². The van der Waals surface area contributed by atoms with Gasteiger partial charge in [0.2, 0.25) is 5.91 Å². The van der Waals surface area contributed by atoms with E-state index in [4.69, 9.17) is 4.74 Å². The standard InChI is InChI=1S/C19H28N2O3/c1-13(2)11-18(22)21-17-7-6-15(12-14(17)3)19(23)20-9-8-16-5-4-10-24-16/h6-7,12-13,16H,4-5,8-11H2,1-3H3,(H,20,23)(H,21,22)/t16-/m0/s1. The lowest BCUT2D eigenvalue weighted by atomic mass is 10.1. The largest absolute Gasteiger partial charge is 0.378 e. The molecule has 5 heteroatoms. The molecule has 1 aromatic rings. The molecule has 0 unspecified atom stereocenters. The quantitative estimate of drug-likeness (QED) is 0.805. The summed E-state index contributed by atoms with van der Waals surface area (Å²) in [6, 6.07) is 5.36. The van der Waals surface area contributed by atoms with E-state index in [1.165, 1.54) is 0 Å². The lowest BCUT2D eigenvalue weighted by molar-refractivity contribution is -0.116. The van der Waals surface area contributed by atoms with Crippen LogP contribution in [0.15, 0.2) is 18.2 Å². The third-order valence-electron chi connectivity index (χ3n) is 4.13. The smallest absolute Gasteiger partial charge is 0.251 e. The summed E-state index contributed by atoms with van der Waals surface area (Å²) in [6.07, 6.45) is 3.83. The van der Waals surface area contributed by atoms with Gasteiger partial charge in [0.15, 0.2) is 0 Å². The molecular formula is C19H28N2O3. The van der Waals surface area contributed by atoms with Gasteiger partial charge in [-0.25, -0.2) is 0 Å². The molecule has 0 bridgehead atoms. The van der Waals surface area contributed by atoms with Crippen molar-refractivity contribution >= 4 is 17.5 Å². The molecule has 1 aliphatic rings. The van der Waals surface area contributed by atoms with Crippen LogP contribution in [0.3, 0.4) is 0 Å². The fourth-order valence-corrected chi connectivity index (χ4v) is 2.84. The van der Waals surface area contributed by atoms with Crippen molar-refractivity contribution < 1.29 is 14.3 Å². The Balaban J connectivity index is 1.85. The number of carbonyl (C=O) groups is 2. The van der Waals surface area contributed by atoms with Crippen molar-refractivity contribution in [2.45, 2.75) is 52.6 Å². The molecule has 1 atom stereocenters. The average molecular weight is 332 g/mol. The number of amides is 2. The number of rotatable bonds is 7. The number of benzene rings is 1. The molecule has 0 saturated carbocycles. The van der Waals surface area contributed by atoms with Crippen LogP contribution in [0, 0.1) is 12.8 Å². The van der Waals surface area contributed by atoms with E-state index >= 15 is 0 Å². The van der Waals surface area contributed by atoms with Crippen LogP contribution >= 0.6 is 0 Å². The number of ether oxygens (including phenoxy) is 1. The maximum Gasteiger partial charge on any atom is 0.251 e. The third-order valence-corrected chi connectivity index (χ3v) is 4.13. The number of nitrogens with one attached hydrogen (secondary N) is 2. The van der Waals surface area contributed by atoms with Gasteiger partial charge in [0, 0.05) is 30.8 Å². The van der Waals surface area contributed by atoms with Crippen LogP contribution in [-0.2, 0) is 9.53 Å². The Bertz CT molecular complexity index is 578. The number of aryl methyl sites for hydroxylation is 1.